The van der Waals surface area contributed by atoms with Gasteiger partial charge in [0, 0.05) is 6.92 Å². The van der Waals surface area contributed by atoms with E-state index in [2.05, 4.69) is 5.32 Å². The van der Waals surface area contributed by atoms with E-state index < -0.39 is 70.7 Å². The molecule has 1 aliphatic heterocycles. The minimum absolute atomic E-state index is 0.378. The SMILES string of the molecule is CC(=O)N[C@H]1C(OC(=O)C(C)(C)C)O[C@H](COC(=O)C(C)(C)C)[C@@H](O)[C@@H]1OC(=O)C(C)(C)C. The molecule has 0 aromatic carbocycles. The summed E-state index contributed by atoms with van der Waals surface area (Å²) in [6.07, 6.45) is -5.40. The molecular weight excluding hydrogens is 434 g/mol. The Bertz CT molecular complexity index is 743. The van der Waals surface area contributed by atoms with Crippen LogP contribution >= 0.6 is 0 Å². The van der Waals surface area contributed by atoms with Gasteiger partial charge in [-0.3, -0.25) is 19.2 Å². The zero-order chi connectivity index (χ0) is 25.9. The Hall–Kier alpha value is -2.20. The Morgan fingerprint density at radius 2 is 1.27 bits per heavy atom. The van der Waals surface area contributed by atoms with Crippen molar-refractivity contribution >= 4 is 23.8 Å². The van der Waals surface area contributed by atoms with Crippen molar-refractivity contribution in [3.8, 4) is 0 Å². The van der Waals surface area contributed by atoms with Crippen LogP contribution in [-0.4, -0.2) is 66.2 Å². The molecule has 190 valence electrons. The van der Waals surface area contributed by atoms with Crippen molar-refractivity contribution in [3.05, 3.63) is 0 Å². The van der Waals surface area contributed by atoms with Crippen LogP contribution in [0.15, 0.2) is 0 Å². The van der Waals surface area contributed by atoms with Gasteiger partial charge in [0.15, 0.2) is 6.10 Å². The standard InChI is InChI=1S/C23H39NO9/c1-12(25)24-14-16(32-19(28)22(5,6)7)15(26)13(11-30-18(27)21(2,3)4)31-17(14)33-20(29)23(8,9)10/h13-17,26H,11H2,1-10H3,(H,24,25)/t13-,14-,15-,16-,17?/m1/s1. The second-order valence-electron chi connectivity index (χ2n) is 11.4. The van der Waals surface area contributed by atoms with Gasteiger partial charge in [-0.2, -0.15) is 0 Å². The van der Waals surface area contributed by atoms with Gasteiger partial charge in [0.25, 0.3) is 0 Å². The lowest BCUT2D eigenvalue weighted by atomic mass is 9.93. The predicted octanol–water partition coefficient (Wildman–Crippen LogP) is 1.71. The van der Waals surface area contributed by atoms with Crippen LogP contribution < -0.4 is 5.32 Å². The van der Waals surface area contributed by atoms with Gasteiger partial charge in [-0.05, 0) is 62.3 Å². The van der Waals surface area contributed by atoms with Crippen LogP contribution in [0.4, 0.5) is 0 Å². The number of carbonyl (C=O) groups excluding carboxylic acids is 4. The highest BCUT2D eigenvalue weighted by molar-refractivity contribution is 5.77. The zero-order valence-corrected chi connectivity index (χ0v) is 21.3. The van der Waals surface area contributed by atoms with Crippen molar-refractivity contribution in [2.24, 2.45) is 16.2 Å². The number of aliphatic hydroxyl groups excluding tert-OH is 1. The van der Waals surface area contributed by atoms with Gasteiger partial charge in [-0.1, -0.05) is 0 Å². The third-order valence-electron chi connectivity index (χ3n) is 4.73. The van der Waals surface area contributed by atoms with Gasteiger partial charge in [-0.15, -0.1) is 0 Å². The Balaban J connectivity index is 3.31. The number of ether oxygens (including phenoxy) is 4. The number of carbonyl (C=O) groups is 4. The van der Waals surface area contributed by atoms with Crippen molar-refractivity contribution in [3.63, 3.8) is 0 Å². The number of hydrogen-bond acceptors (Lipinski definition) is 9. The van der Waals surface area contributed by atoms with E-state index >= 15 is 0 Å². The largest absolute Gasteiger partial charge is 0.462 e. The molecule has 5 atom stereocenters. The van der Waals surface area contributed by atoms with E-state index in [0.717, 1.165) is 0 Å². The van der Waals surface area contributed by atoms with Gasteiger partial charge in [0.05, 0.1) is 16.2 Å². The van der Waals surface area contributed by atoms with E-state index in [-0.39, 0.29) is 6.61 Å². The molecule has 1 heterocycles. The van der Waals surface area contributed by atoms with E-state index in [0.29, 0.717) is 0 Å². The summed E-state index contributed by atoms with van der Waals surface area (Å²) in [5, 5.41) is 13.5. The second-order valence-corrected chi connectivity index (χ2v) is 11.4. The van der Waals surface area contributed by atoms with Crippen LogP contribution in [-0.2, 0) is 38.1 Å². The average molecular weight is 474 g/mol. The topological polar surface area (TPSA) is 137 Å². The molecule has 10 heteroatoms. The van der Waals surface area contributed by atoms with Crippen LogP contribution in [0.3, 0.4) is 0 Å². The van der Waals surface area contributed by atoms with Crippen molar-refractivity contribution in [1.82, 2.24) is 5.32 Å². The van der Waals surface area contributed by atoms with Crippen molar-refractivity contribution in [2.75, 3.05) is 6.61 Å². The van der Waals surface area contributed by atoms with E-state index in [9.17, 15) is 24.3 Å². The molecule has 0 bridgehead atoms. The first-order chi connectivity index (χ1) is 14.7. The van der Waals surface area contributed by atoms with Gasteiger partial charge in [0.2, 0.25) is 12.2 Å². The first-order valence-corrected chi connectivity index (χ1v) is 10.9. The second kappa shape index (κ2) is 10.4. The van der Waals surface area contributed by atoms with Crippen LogP contribution in [0.2, 0.25) is 0 Å². The van der Waals surface area contributed by atoms with Crippen LogP contribution in [0.1, 0.15) is 69.2 Å². The van der Waals surface area contributed by atoms with E-state index in [1.165, 1.54) is 6.92 Å². The van der Waals surface area contributed by atoms with Crippen LogP contribution in [0.25, 0.3) is 0 Å². The molecule has 1 unspecified atom stereocenters. The molecule has 1 amide bonds. The van der Waals surface area contributed by atoms with Gasteiger partial charge < -0.3 is 29.4 Å². The number of rotatable bonds is 5. The monoisotopic (exact) mass is 473 g/mol. The first kappa shape index (κ1) is 28.8. The minimum Gasteiger partial charge on any atom is -0.462 e. The summed E-state index contributed by atoms with van der Waals surface area (Å²) in [7, 11) is 0. The molecule has 1 rings (SSSR count). The lowest BCUT2D eigenvalue weighted by molar-refractivity contribution is -0.272. The molecule has 0 aromatic rings. The Morgan fingerprint density at radius 1 is 0.818 bits per heavy atom. The molecule has 1 aliphatic rings. The number of amides is 1. The number of esters is 3. The fraction of sp³-hybridized carbons (Fsp3) is 0.826. The maximum absolute atomic E-state index is 12.6. The Kier molecular flexibility index (Phi) is 9.07. The van der Waals surface area contributed by atoms with Gasteiger partial charge in [0.1, 0.15) is 24.9 Å². The molecule has 0 spiro atoms. The van der Waals surface area contributed by atoms with Crippen LogP contribution in [0, 0.1) is 16.2 Å². The summed E-state index contributed by atoms with van der Waals surface area (Å²) in [4.78, 5) is 49.3. The normalized spacial score (nSPS) is 26.2. The minimum atomic E-state index is -1.48. The summed E-state index contributed by atoms with van der Waals surface area (Å²) >= 11 is 0. The highest BCUT2D eigenvalue weighted by Crippen LogP contribution is 2.30. The molecule has 2 N–H and O–H groups in total. The highest BCUT2D eigenvalue weighted by atomic mass is 16.7. The first-order valence-electron chi connectivity index (χ1n) is 10.9. The zero-order valence-electron chi connectivity index (χ0n) is 21.3. The van der Waals surface area contributed by atoms with Crippen molar-refractivity contribution in [2.45, 2.75) is 99.9 Å². The Labute approximate surface area is 195 Å². The molecular formula is C23H39NO9. The number of aliphatic hydroxyl groups is 1. The fourth-order valence-electron chi connectivity index (χ4n) is 2.64. The lowest BCUT2D eigenvalue weighted by Gasteiger charge is -2.44. The summed E-state index contributed by atoms with van der Waals surface area (Å²) in [5.41, 5.74) is -2.61. The van der Waals surface area contributed by atoms with Crippen LogP contribution in [0.5, 0.6) is 0 Å². The van der Waals surface area contributed by atoms with E-state index in [1.807, 2.05) is 0 Å². The summed E-state index contributed by atoms with van der Waals surface area (Å²) in [6.45, 7) is 15.7. The average Bonchev–Trinajstić information content (AvgIpc) is 2.62. The number of hydrogen-bond donors (Lipinski definition) is 2. The van der Waals surface area contributed by atoms with Gasteiger partial charge in [-0.25, -0.2) is 0 Å². The lowest BCUT2D eigenvalue weighted by Crippen LogP contribution is -2.66. The molecule has 1 fully saturated rings. The summed E-state index contributed by atoms with van der Waals surface area (Å²) in [6, 6.07) is -1.19. The maximum atomic E-state index is 12.6. The van der Waals surface area contributed by atoms with E-state index in [4.69, 9.17) is 18.9 Å². The maximum Gasteiger partial charge on any atom is 0.313 e. The third-order valence-corrected chi connectivity index (χ3v) is 4.73. The molecule has 33 heavy (non-hydrogen) atoms. The molecule has 0 saturated carbocycles. The van der Waals surface area contributed by atoms with Crippen molar-refractivity contribution < 1.29 is 43.2 Å². The number of nitrogens with one attached hydrogen (secondary N) is 1. The molecule has 0 radical (unpaired) electrons. The van der Waals surface area contributed by atoms with Gasteiger partial charge >= 0.3 is 17.9 Å². The fourth-order valence-corrected chi connectivity index (χ4v) is 2.64. The smallest absolute Gasteiger partial charge is 0.313 e. The molecule has 0 aliphatic carbocycles. The van der Waals surface area contributed by atoms with E-state index in [1.54, 1.807) is 62.3 Å². The highest BCUT2D eigenvalue weighted by Gasteiger charge is 2.51. The predicted molar refractivity (Wildman–Crippen MR) is 118 cm³/mol. The third kappa shape index (κ3) is 8.26. The summed E-state index contributed by atoms with van der Waals surface area (Å²) < 4.78 is 22.1. The summed E-state index contributed by atoms with van der Waals surface area (Å²) in [5.74, 6) is -2.32. The molecule has 10 nitrogen and oxygen atoms in total. The van der Waals surface area contributed by atoms with Crippen molar-refractivity contribution in [1.29, 1.82) is 0 Å². The molecule has 0 aromatic heterocycles. The molecule has 1 saturated heterocycles. The Morgan fingerprint density at radius 3 is 1.70 bits per heavy atom. The quantitative estimate of drug-likeness (QED) is 0.451.